The van der Waals surface area contributed by atoms with Crippen molar-refractivity contribution >= 4 is 11.8 Å². The van der Waals surface area contributed by atoms with Gasteiger partial charge in [-0.3, -0.25) is 9.59 Å². The summed E-state index contributed by atoms with van der Waals surface area (Å²) >= 11 is 0. The van der Waals surface area contributed by atoms with Crippen molar-refractivity contribution in [1.29, 1.82) is 0 Å². The van der Waals surface area contributed by atoms with E-state index in [1.165, 1.54) is 4.90 Å². The lowest BCUT2D eigenvalue weighted by molar-refractivity contribution is -0.203. The highest BCUT2D eigenvalue weighted by Gasteiger charge is 2.49. The van der Waals surface area contributed by atoms with Crippen LogP contribution in [0.25, 0.3) is 0 Å². The van der Waals surface area contributed by atoms with Crippen LogP contribution in [0.3, 0.4) is 0 Å². The number of carbonyl (C=O) groups is 2. The number of hydrogen-bond donors (Lipinski definition) is 0. The van der Waals surface area contributed by atoms with Crippen molar-refractivity contribution in [1.82, 2.24) is 9.80 Å². The molecule has 0 saturated carbocycles. The van der Waals surface area contributed by atoms with Gasteiger partial charge in [0, 0.05) is 33.0 Å². The van der Waals surface area contributed by atoms with E-state index in [0.29, 0.717) is 19.7 Å². The summed E-state index contributed by atoms with van der Waals surface area (Å²) in [6.45, 7) is 5.85. The van der Waals surface area contributed by atoms with Crippen LogP contribution in [0.4, 0.5) is 0 Å². The largest absolute Gasteiger partial charge is 0.371 e. The van der Waals surface area contributed by atoms with Crippen molar-refractivity contribution in [3.8, 4) is 0 Å². The van der Waals surface area contributed by atoms with Crippen molar-refractivity contribution < 1.29 is 19.1 Å². The maximum Gasteiger partial charge on any atom is 0.248 e. The fourth-order valence-corrected chi connectivity index (χ4v) is 2.83. The molecule has 0 bridgehead atoms. The van der Waals surface area contributed by atoms with Gasteiger partial charge in [-0.05, 0) is 6.42 Å². The molecule has 6 nitrogen and oxygen atoms in total. The van der Waals surface area contributed by atoms with E-state index < -0.39 is 0 Å². The van der Waals surface area contributed by atoms with E-state index in [0.717, 1.165) is 12.8 Å². The van der Waals surface area contributed by atoms with Gasteiger partial charge >= 0.3 is 0 Å². The third kappa shape index (κ3) is 3.74. The van der Waals surface area contributed by atoms with Crippen LogP contribution in [0.2, 0.25) is 0 Å². The zero-order valence-electron chi connectivity index (χ0n) is 13.4. The van der Waals surface area contributed by atoms with Crippen LogP contribution in [0.5, 0.6) is 0 Å². The third-order valence-corrected chi connectivity index (χ3v) is 4.15. The van der Waals surface area contributed by atoms with Gasteiger partial charge in [-0.1, -0.05) is 13.8 Å². The highest BCUT2D eigenvalue weighted by molar-refractivity contribution is 5.79. The number of amides is 2. The Morgan fingerprint density at radius 1 is 1.38 bits per heavy atom. The van der Waals surface area contributed by atoms with Gasteiger partial charge in [-0.25, -0.2) is 0 Å². The molecule has 2 heterocycles. The summed E-state index contributed by atoms with van der Waals surface area (Å²) in [7, 11) is 3.44. The minimum absolute atomic E-state index is 0.0238. The van der Waals surface area contributed by atoms with E-state index in [2.05, 4.69) is 0 Å². The molecule has 2 fully saturated rings. The molecule has 0 aromatic heterocycles. The van der Waals surface area contributed by atoms with Crippen LogP contribution in [0.1, 0.15) is 26.7 Å². The van der Waals surface area contributed by atoms with Crippen molar-refractivity contribution in [2.24, 2.45) is 5.92 Å². The summed E-state index contributed by atoms with van der Waals surface area (Å²) in [4.78, 5) is 26.8. The van der Waals surface area contributed by atoms with E-state index in [9.17, 15) is 9.59 Å². The number of ether oxygens (including phenoxy) is 2. The van der Waals surface area contributed by atoms with Crippen molar-refractivity contribution in [2.75, 3.05) is 40.4 Å². The first-order valence-corrected chi connectivity index (χ1v) is 7.57. The summed E-state index contributed by atoms with van der Waals surface area (Å²) in [5.74, 6) is 0.173. The molecule has 0 aromatic carbocycles. The zero-order chi connectivity index (χ0) is 15.6. The van der Waals surface area contributed by atoms with E-state index in [1.54, 1.807) is 14.1 Å². The zero-order valence-corrected chi connectivity index (χ0v) is 13.4. The molecule has 1 atom stereocenters. The third-order valence-electron chi connectivity index (χ3n) is 4.15. The Kier molecular flexibility index (Phi) is 4.88. The van der Waals surface area contributed by atoms with Gasteiger partial charge in [0.1, 0.15) is 12.2 Å². The standard InChI is InChI=1S/C15H26N2O4/c1-11(2)14(19)17-9-15(10-17)7-12(5-6-21-15)20-8-13(18)16(3)4/h11-12H,5-10H2,1-4H3. The molecule has 2 saturated heterocycles. The molecule has 2 amide bonds. The van der Waals surface area contributed by atoms with Crippen LogP contribution in [0.15, 0.2) is 0 Å². The van der Waals surface area contributed by atoms with Crippen LogP contribution < -0.4 is 0 Å². The Morgan fingerprint density at radius 2 is 2.05 bits per heavy atom. The smallest absolute Gasteiger partial charge is 0.248 e. The van der Waals surface area contributed by atoms with Crippen molar-refractivity contribution in [3.63, 3.8) is 0 Å². The minimum atomic E-state index is -0.255. The molecule has 0 radical (unpaired) electrons. The second kappa shape index (κ2) is 6.32. The lowest BCUT2D eigenvalue weighted by Crippen LogP contribution is -2.67. The summed E-state index contributed by atoms with van der Waals surface area (Å²) in [6, 6.07) is 0. The summed E-state index contributed by atoms with van der Waals surface area (Å²) in [5, 5.41) is 0. The maximum absolute atomic E-state index is 11.9. The van der Waals surface area contributed by atoms with Crippen LogP contribution >= 0.6 is 0 Å². The Bertz CT molecular complexity index is 402. The average Bonchev–Trinajstić information content (AvgIpc) is 2.41. The lowest BCUT2D eigenvalue weighted by Gasteiger charge is -2.53. The topological polar surface area (TPSA) is 59.1 Å². The van der Waals surface area contributed by atoms with Crippen LogP contribution in [-0.2, 0) is 19.1 Å². The number of nitrogens with zero attached hydrogens (tertiary/aromatic N) is 2. The maximum atomic E-state index is 11.9. The Balaban J connectivity index is 1.80. The van der Waals surface area contributed by atoms with Gasteiger partial charge < -0.3 is 19.3 Å². The SMILES string of the molecule is CC(C)C(=O)N1CC2(CC(OCC(=O)N(C)C)CCO2)C1. The first-order chi connectivity index (χ1) is 9.83. The fourth-order valence-electron chi connectivity index (χ4n) is 2.83. The fraction of sp³-hybridized carbons (Fsp3) is 0.867. The Morgan fingerprint density at radius 3 is 2.62 bits per heavy atom. The normalized spacial score (nSPS) is 24.0. The highest BCUT2D eigenvalue weighted by atomic mass is 16.5. The van der Waals surface area contributed by atoms with E-state index in [4.69, 9.17) is 9.47 Å². The van der Waals surface area contributed by atoms with E-state index in [1.807, 2.05) is 18.7 Å². The molecule has 1 unspecified atom stereocenters. The molecule has 0 aliphatic carbocycles. The molecular formula is C15H26N2O4. The van der Waals surface area contributed by atoms with Gasteiger partial charge in [0.25, 0.3) is 0 Å². The van der Waals surface area contributed by atoms with Gasteiger partial charge in [-0.2, -0.15) is 0 Å². The van der Waals surface area contributed by atoms with Crippen LogP contribution in [-0.4, -0.2) is 73.7 Å². The lowest BCUT2D eigenvalue weighted by atomic mass is 9.84. The summed E-state index contributed by atoms with van der Waals surface area (Å²) in [6.07, 6.45) is 1.61. The van der Waals surface area contributed by atoms with Gasteiger partial charge in [0.15, 0.2) is 0 Å². The number of likely N-dealkylation sites (N-methyl/N-ethyl adjacent to an activating group) is 1. The molecule has 120 valence electrons. The van der Waals surface area contributed by atoms with E-state index >= 15 is 0 Å². The second-order valence-corrected chi connectivity index (χ2v) is 6.59. The molecule has 2 aliphatic rings. The van der Waals surface area contributed by atoms with E-state index in [-0.39, 0.29) is 36.0 Å². The Hall–Kier alpha value is -1.14. The predicted molar refractivity (Wildman–Crippen MR) is 77.8 cm³/mol. The van der Waals surface area contributed by atoms with Crippen molar-refractivity contribution in [3.05, 3.63) is 0 Å². The molecule has 6 heteroatoms. The quantitative estimate of drug-likeness (QED) is 0.759. The molecule has 1 spiro atoms. The predicted octanol–water partition coefficient (Wildman–Crippen LogP) is 0.507. The number of rotatable bonds is 4. The first-order valence-electron chi connectivity index (χ1n) is 7.57. The molecular weight excluding hydrogens is 272 g/mol. The number of likely N-dealkylation sites (tertiary alicyclic amines) is 1. The van der Waals surface area contributed by atoms with Gasteiger partial charge in [0.05, 0.1) is 19.2 Å². The first kappa shape index (κ1) is 16.2. The summed E-state index contributed by atoms with van der Waals surface area (Å²) in [5.41, 5.74) is -0.255. The van der Waals surface area contributed by atoms with Crippen LogP contribution in [0, 0.1) is 5.92 Å². The summed E-state index contributed by atoms with van der Waals surface area (Å²) < 4.78 is 11.6. The number of hydrogen-bond acceptors (Lipinski definition) is 4. The highest BCUT2D eigenvalue weighted by Crippen LogP contribution is 2.35. The molecule has 0 N–H and O–H groups in total. The average molecular weight is 298 g/mol. The Labute approximate surface area is 126 Å². The molecule has 0 aromatic rings. The molecule has 21 heavy (non-hydrogen) atoms. The van der Waals surface area contributed by atoms with Crippen molar-refractivity contribution in [2.45, 2.75) is 38.4 Å². The molecule has 2 rings (SSSR count). The second-order valence-electron chi connectivity index (χ2n) is 6.59. The van der Waals surface area contributed by atoms with Gasteiger partial charge in [0.2, 0.25) is 11.8 Å². The minimum Gasteiger partial charge on any atom is -0.371 e. The number of carbonyl (C=O) groups excluding carboxylic acids is 2. The monoisotopic (exact) mass is 298 g/mol. The molecule has 2 aliphatic heterocycles. The van der Waals surface area contributed by atoms with Gasteiger partial charge in [-0.15, -0.1) is 0 Å².